The maximum Gasteiger partial charge on any atom is 0.299 e. The summed E-state index contributed by atoms with van der Waals surface area (Å²) in [4.78, 5) is 9.73. The molecule has 0 saturated carbocycles. The van der Waals surface area contributed by atoms with Gasteiger partial charge in [0.2, 0.25) is 0 Å². The second-order valence-corrected chi connectivity index (χ2v) is 5.96. The van der Waals surface area contributed by atoms with E-state index >= 15 is 0 Å². The minimum absolute atomic E-state index is 0.249. The van der Waals surface area contributed by atoms with Gasteiger partial charge in [0.25, 0.3) is 11.9 Å². The Morgan fingerprint density at radius 1 is 1.08 bits per heavy atom. The maximum absolute atomic E-state index is 13.0. The van der Waals surface area contributed by atoms with Gasteiger partial charge >= 0.3 is 0 Å². The molecule has 2 aromatic heterocycles. The number of nitrogens with zero attached hydrogens (tertiary/aromatic N) is 4. The first-order valence-corrected chi connectivity index (χ1v) is 7.85. The fourth-order valence-electron chi connectivity index (χ4n) is 2.65. The van der Waals surface area contributed by atoms with Gasteiger partial charge in [0.15, 0.2) is 5.76 Å². The first-order valence-electron chi connectivity index (χ1n) is 7.85. The number of pyridine rings is 1. The van der Waals surface area contributed by atoms with Crippen LogP contribution >= 0.6 is 0 Å². The normalized spacial score (nSPS) is 15.2. The van der Waals surface area contributed by atoms with Crippen molar-refractivity contribution >= 4 is 17.4 Å². The fourth-order valence-corrected chi connectivity index (χ4v) is 2.65. The molecular weight excluding hydrogens is 340 g/mol. The van der Waals surface area contributed by atoms with E-state index in [0.717, 1.165) is 11.3 Å². The van der Waals surface area contributed by atoms with E-state index in [1.165, 1.54) is 6.20 Å². The van der Waals surface area contributed by atoms with Crippen LogP contribution in [-0.2, 0) is 0 Å². The van der Waals surface area contributed by atoms with E-state index in [1.54, 1.807) is 47.5 Å². The van der Waals surface area contributed by atoms with Gasteiger partial charge in [-0.2, -0.15) is 5.26 Å². The number of nitriles is 1. The highest BCUT2D eigenvalue weighted by atomic mass is 19.3. The van der Waals surface area contributed by atoms with Crippen molar-refractivity contribution in [2.75, 3.05) is 23.3 Å². The van der Waals surface area contributed by atoms with Gasteiger partial charge in [-0.25, -0.2) is 18.7 Å². The number of hydrogen-bond acceptors (Lipinski definition) is 6. The summed E-state index contributed by atoms with van der Waals surface area (Å²) in [6, 6.07) is 12.7. The van der Waals surface area contributed by atoms with E-state index in [1.807, 2.05) is 6.07 Å². The van der Waals surface area contributed by atoms with Crippen molar-refractivity contribution < 1.29 is 13.2 Å². The summed E-state index contributed by atoms with van der Waals surface area (Å²) in [5.41, 5.74) is 2.51. The van der Waals surface area contributed by atoms with Crippen LogP contribution in [0.3, 0.4) is 0 Å². The summed E-state index contributed by atoms with van der Waals surface area (Å²) in [6.07, 6.45) is 3.09. The lowest BCUT2D eigenvalue weighted by Gasteiger charge is -2.40. The van der Waals surface area contributed by atoms with E-state index in [9.17, 15) is 8.78 Å². The minimum Gasteiger partial charge on any atom is -0.423 e. The standard InChI is InChI=1S/C18H13F2N5O/c19-18(20)10-25(11-18)15-5-1-12(2-6-15)16-9-23-17(26-16)24-14-4-3-13(7-21)22-8-14/h1-6,8-9H,10-11H2,(H,23,24). The molecule has 1 aliphatic heterocycles. The molecule has 1 N–H and O–H groups in total. The molecule has 0 unspecified atom stereocenters. The number of oxazole rings is 1. The minimum atomic E-state index is -2.59. The van der Waals surface area contributed by atoms with Crippen LogP contribution in [0.5, 0.6) is 0 Å². The van der Waals surface area contributed by atoms with E-state index in [2.05, 4.69) is 15.3 Å². The van der Waals surface area contributed by atoms with Gasteiger partial charge < -0.3 is 14.6 Å². The highest BCUT2D eigenvalue weighted by Gasteiger charge is 2.43. The Bertz CT molecular complexity index is 952. The van der Waals surface area contributed by atoms with Gasteiger partial charge in [-0.3, -0.25) is 0 Å². The molecule has 130 valence electrons. The molecule has 3 aromatic rings. The average molecular weight is 353 g/mol. The van der Waals surface area contributed by atoms with E-state index in [0.29, 0.717) is 17.1 Å². The lowest BCUT2D eigenvalue weighted by molar-refractivity contribution is -0.0262. The molecule has 0 bridgehead atoms. The summed E-state index contributed by atoms with van der Waals surface area (Å²) in [5, 5.41) is 11.7. The molecule has 6 nitrogen and oxygen atoms in total. The predicted molar refractivity (Wildman–Crippen MR) is 91.3 cm³/mol. The highest BCUT2D eigenvalue weighted by Crippen LogP contribution is 2.33. The number of aromatic nitrogens is 2. The van der Waals surface area contributed by atoms with Crippen molar-refractivity contribution in [1.82, 2.24) is 9.97 Å². The number of halogens is 2. The molecule has 1 fully saturated rings. The highest BCUT2D eigenvalue weighted by molar-refractivity contribution is 5.63. The van der Waals surface area contributed by atoms with Crippen molar-refractivity contribution in [2.24, 2.45) is 0 Å². The van der Waals surface area contributed by atoms with Crippen LogP contribution in [0.2, 0.25) is 0 Å². The molecule has 0 amide bonds. The van der Waals surface area contributed by atoms with Gasteiger partial charge in [-0.1, -0.05) is 0 Å². The zero-order chi connectivity index (χ0) is 18.1. The number of hydrogen-bond donors (Lipinski definition) is 1. The molecule has 26 heavy (non-hydrogen) atoms. The van der Waals surface area contributed by atoms with Crippen molar-refractivity contribution in [3.63, 3.8) is 0 Å². The zero-order valence-electron chi connectivity index (χ0n) is 13.5. The first-order chi connectivity index (χ1) is 12.5. The van der Waals surface area contributed by atoms with Crippen LogP contribution < -0.4 is 10.2 Å². The van der Waals surface area contributed by atoms with Crippen LogP contribution in [0.15, 0.2) is 53.2 Å². The Morgan fingerprint density at radius 2 is 1.85 bits per heavy atom. The second-order valence-electron chi connectivity index (χ2n) is 5.96. The molecule has 1 aliphatic rings. The summed E-state index contributed by atoms with van der Waals surface area (Å²) < 4.78 is 31.6. The fraction of sp³-hybridized carbons (Fsp3) is 0.167. The van der Waals surface area contributed by atoms with E-state index in [4.69, 9.17) is 9.68 Å². The molecule has 0 radical (unpaired) electrons. The van der Waals surface area contributed by atoms with Gasteiger partial charge in [0, 0.05) is 11.3 Å². The van der Waals surface area contributed by atoms with E-state index < -0.39 is 5.92 Å². The summed E-state index contributed by atoms with van der Waals surface area (Å²) in [5.74, 6) is -2.04. The van der Waals surface area contributed by atoms with Crippen molar-refractivity contribution in [1.29, 1.82) is 5.26 Å². The van der Waals surface area contributed by atoms with Gasteiger partial charge in [0.1, 0.15) is 11.8 Å². The molecule has 3 heterocycles. The number of anilines is 3. The maximum atomic E-state index is 13.0. The van der Waals surface area contributed by atoms with E-state index in [-0.39, 0.29) is 19.1 Å². The molecular formula is C18H13F2N5O. The number of benzene rings is 1. The quantitative estimate of drug-likeness (QED) is 0.768. The lowest BCUT2D eigenvalue weighted by Crippen LogP contribution is -2.56. The third kappa shape index (κ3) is 3.19. The molecule has 1 saturated heterocycles. The van der Waals surface area contributed by atoms with Crippen molar-refractivity contribution in [3.05, 3.63) is 54.5 Å². The molecule has 8 heteroatoms. The van der Waals surface area contributed by atoms with Crippen LogP contribution in [0.1, 0.15) is 5.69 Å². The van der Waals surface area contributed by atoms with Crippen LogP contribution in [0.25, 0.3) is 11.3 Å². The molecule has 0 atom stereocenters. The Morgan fingerprint density at radius 3 is 2.46 bits per heavy atom. The summed E-state index contributed by atoms with van der Waals surface area (Å²) >= 11 is 0. The molecule has 4 rings (SSSR count). The smallest absolute Gasteiger partial charge is 0.299 e. The summed E-state index contributed by atoms with van der Waals surface area (Å²) in [7, 11) is 0. The van der Waals surface area contributed by atoms with Crippen LogP contribution in [-0.4, -0.2) is 29.0 Å². The number of alkyl halides is 2. The summed E-state index contributed by atoms with van der Waals surface area (Å²) in [6.45, 7) is -0.497. The Labute approximate surface area is 147 Å². The topological polar surface area (TPSA) is 78.0 Å². The van der Waals surface area contributed by atoms with Gasteiger partial charge in [-0.05, 0) is 36.4 Å². The van der Waals surface area contributed by atoms with Gasteiger partial charge in [0.05, 0.1) is 31.2 Å². The third-order valence-electron chi connectivity index (χ3n) is 4.00. The molecule has 0 spiro atoms. The Balaban J connectivity index is 1.45. The molecule has 0 aliphatic carbocycles. The second kappa shape index (κ2) is 6.11. The van der Waals surface area contributed by atoms with Crippen LogP contribution in [0, 0.1) is 11.3 Å². The van der Waals surface area contributed by atoms with Crippen molar-refractivity contribution in [3.8, 4) is 17.4 Å². The average Bonchev–Trinajstić information content (AvgIpc) is 3.09. The largest absolute Gasteiger partial charge is 0.423 e. The number of rotatable bonds is 4. The molecule has 1 aromatic carbocycles. The monoisotopic (exact) mass is 353 g/mol. The Kier molecular flexibility index (Phi) is 3.77. The Hall–Kier alpha value is -3.47. The third-order valence-corrected chi connectivity index (χ3v) is 4.00. The van der Waals surface area contributed by atoms with Crippen molar-refractivity contribution in [2.45, 2.75) is 5.92 Å². The SMILES string of the molecule is N#Cc1ccc(Nc2ncc(-c3ccc(N4CC(F)(F)C4)cc3)o2)cn1. The zero-order valence-corrected chi connectivity index (χ0v) is 13.5. The first kappa shape index (κ1) is 16.0. The predicted octanol–water partition coefficient (Wildman–Crippen LogP) is 3.81. The lowest BCUT2D eigenvalue weighted by atomic mass is 10.1. The number of nitrogens with one attached hydrogen (secondary N) is 1. The van der Waals surface area contributed by atoms with Crippen LogP contribution in [0.4, 0.5) is 26.2 Å². The van der Waals surface area contributed by atoms with Gasteiger partial charge in [-0.15, -0.1) is 0 Å².